The minimum absolute atomic E-state index is 0.926. The highest BCUT2D eigenvalue weighted by Gasteiger charge is 1.92. The molecule has 10 aromatic rings. The van der Waals surface area contributed by atoms with E-state index in [-0.39, 0.29) is 0 Å². The number of rotatable bonds is 0. The van der Waals surface area contributed by atoms with Gasteiger partial charge >= 0.3 is 0 Å². The first-order valence-corrected chi connectivity index (χ1v) is 29.0. The molecule has 0 spiro atoms. The van der Waals surface area contributed by atoms with E-state index >= 15 is 0 Å². The summed E-state index contributed by atoms with van der Waals surface area (Å²) >= 11 is 2.89. The Hall–Kier alpha value is -7.73. The fraction of sp³-hybridized carbons (Fsp3) is 0.491. The second-order valence-electron chi connectivity index (χ2n) is 12.8. The van der Waals surface area contributed by atoms with Crippen molar-refractivity contribution in [2.75, 3.05) is 0 Å². The van der Waals surface area contributed by atoms with Crippen LogP contribution >= 0.6 is 23.1 Å². The van der Waals surface area contributed by atoms with Gasteiger partial charge in [-0.25, -0.2) is 0 Å². The monoisotopic (exact) mass is 1160 g/mol. The second kappa shape index (κ2) is 76.5. The molecule has 0 unspecified atom stereocenters. The minimum Gasteiger partial charge on any atom is -0.265 e. The molecule has 10 rings (SSSR count). The molecule has 456 valence electrons. The van der Waals surface area contributed by atoms with Crippen LogP contribution in [0.1, 0.15) is 166 Å². The second-order valence-corrected chi connectivity index (χ2v) is 14.7. The highest BCUT2D eigenvalue weighted by molar-refractivity contribution is 7.05. The van der Waals surface area contributed by atoms with Crippen molar-refractivity contribution < 1.29 is 0 Å². The van der Waals surface area contributed by atoms with Crippen molar-refractivity contribution in [3.05, 3.63) is 172 Å². The van der Waals surface area contributed by atoms with Gasteiger partial charge in [0.15, 0.2) is 0 Å². The van der Waals surface area contributed by atoms with E-state index in [4.69, 9.17) is 0 Å². The first-order valence-electron chi connectivity index (χ1n) is 27.5. The highest BCUT2D eigenvalue weighted by atomic mass is 32.1. The average molecular weight is 1160 g/mol. The number of aryl methyl sites for hydroxylation is 12. The summed E-state index contributed by atoms with van der Waals surface area (Å²) in [4.78, 5) is 15.6. The Labute approximate surface area is 497 Å². The molecule has 10 heterocycles. The van der Waals surface area contributed by atoms with Gasteiger partial charge in [-0.3, -0.25) is 19.6 Å². The SMILES string of the molecule is CC.CC.CC.CC.CC.CC.CC.CC.Cc1ccccn1.Cc1cccnc1.Cc1ccncc1.Cc1cn[nH]n1.Cc1cn[nH]n1.Cc1cn[nH]n1.Cc1nnsc1C.Cc1nnsc1C.Cn1ccnn1.Cn1nccn1. The molecule has 0 radical (unpaired) electrons. The Kier molecular flexibility index (Phi) is 84.8. The summed E-state index contributed by atoms with van der Waals surface area (Å²) in [5, 5.41) is 51.2. The predicted molar refractivity (Wildman–Crippen MR) is 342 cm³/mol. The van der Waals surface area contributed by atoms with Gasteiger partial charge in [-0.2, -0.15) is 61.2 Å². The maximum absolute atomic E-state index is 3.98. The molecule has 81 heavy (non-hydrogen) atoms. The number of hydrogen-bond acceptors (Lipinski definition) is 19. The third-order valence-corrected chi connectivity index (χ3v) is 8.37. The van der Waals surface area contributed by atoms with Crippen LogP contribution in [-0.4, -0.2) is 110 Å². The van der Waals surface area contributed by atoms with Crippen LogP contribution in [0.2, 0.25) is 0 Å². The van der Waals surface area contributed by atoms with Gasteiger partial charge in [0.2, 0.25) is 0 Å². The van der Waals surface area contributed by atoms with Gasteiger partial charge in [0.25, 0.3) is 0 Å². The van der Waals surface area contributed by atoms with Crippen molar-refractivity contribution in [2.24, 2.45) is 14.1 Å². The number of aromatic nitrogens is 22. The number of nitrogens with zero attached hydrogens (tertiary/aromatic N) is 19. The third-order valence-electron chi connectivity index (χ3n) is 6.91. The molecular weight excluding hydrogens is 1060 g/mol. The number of H-pyrrole nitrogens is 3. The molecule has 0 amide bonds. The van der Waals surface area contributed by atoms with Crippen molar-refractivity contribution in [1.29, 1.82) is 0 Å². The van der Waals surface area contributed by atoms with Gasteiger partial charge in [0, 0.05) is 66.7 Å². The fourth-order valence-electron chi connectivity index (χ4n) is 3.21. The smallest absolute Gasteiger partial charge is 0.0793 e. The first-order chi connectivity index (χ1) is 39.3. The van der Waals surface area contributed by atoms with E-state index < -0.39 is 0 Å². The van der Waals surface area contributed by atoms with Crippen LogP contribution in [0.4, 0.5) is 0 Å². The highest BCUT2D eigenvalue weighted by Crippen LogP contribution is 2.05. The largest absolute Gasteiger partial charge is 0.265 e. The summed E-state index contributed by atoms with van der Waals surface area (Å²) in [6.07, 6.45) is 20.7. The van der Waals surface area contributed by atoms with Crippen LogP contribution in [0.5, 0.6) is 0 Å². The van der Waals surface area contributed by atoms with E-state index in [1.54, 1.807) is 79.9 Å². The number of pyridine rings is 3. The normalized spacial score (nSPS) is 7.75. The van der Waals surface area contributed by atoms with E-state index in [9.17, 15) is 0 Å². The summed E-state index contributed by atoms with van der Waals surface area (Å²) in [5.74, 6) is 0. The zero-order valence-electron chi connectivity index (χ0n) is 54.8. The Morgan fingerprint density at radius 2 is 0.815 bits per heavy atom. The Morgan fingerprint density at radius 1 is 0.395 bits per heavy atom. The molecule has 0 atom stereocenters. The quantitative estimate of drug-likeness (QED) is 0.127. The van der Waals surface area contributed by atoms with Crippen LogP contribution in [0, 0.1) is 69.2 Å². The molecule has 0 saturated carbocycles. The van der Waals surface area contributed by atoms with Crippen LogP contribution in [0.3, 0.4) is 0 Å². The molecule has 0 bridgehead atoms. The van der Waals surface area contributed by atoms with Gasteiger partial charge in [0.05, 0.1) is 65.7 Å². The van der Waals surface area contributed by atoms with Crippen molar-refractivity contribution in [3.8, 4) is 0 Å². The summed E-state index contributed by atoms with van der Waals surface area (Å²) in [6, 6.07) is 13.7. The summed E-state index contributed by atoms with van der Waals surface area (Å²) in [7, 11) is 3.60. The van der Waals surface area contributed by atoms with Gasteiger partial charge in [0.1, 0.15) is 0 Å². The van der Waals surface area contributed by atoms with E-state index in [0.29, 0.717) is 0 Å². The number of hydrogen-bond donors (Lipinski definition) is 3. The van der Waals surface area contributed by atoms with Crippen molar-refractivity contribution in [3.63, 3.8) is 0 Å². The van der Waals surface area contributed by atoms with Crippen molar-refractivity contribution >= 4 is 23.1 Å². The Balaban J connectivity index is -0.000000119. The van der Waals surface area contributed by atoms with E-state index in [2.05, 4.69) is 101 Å². The Morgan fingerprint density at radius 3 is 0.938 bits per heavy atom. The lowest BCUT2D eigenvalue weighted by atomic mass is 10.3. The fourth-order valence-corrected chi connectivity index (χ4v) is 4.13. The molecule has 22 nitrogen and oxygen atoms in total. The zero-order valence-corrected chi connectivity index (χ0v) is 56.4. The molecule has 0 fully saturated rings. The first kappa shape index (κ1) is 89.8. The van der Waals surface area contributed by atoms with Gasteiger partial charge < -0.3 is 0 Å². The number of nitrogens with one attached hydrogen (secondary N) is 3. The van der Waals surface area contributed by atoms with Gasteiger partial charge in [-0.05, 0) is 134 Å². The topological polar surface area (TPSA) is 276 Å². The van der Waals surface area contributed by atoms with Crippen LogP contribution in [0.25, 0.3) is 0 Å². The van der Waals surface area contributed by atoms with E-state index in [1.165, 1.54) is 48.7 Å². The minimum atomic E-state index is 0.926. The standard InChI is InChI=1S/3C6H7N.2C4H6N2S.5C3H5N3.8C2H6/c1-6-2-4-7-5-3-6;1-6-3-2-4-7-5-6;1-6-4-2-3-5-7-6;2*1-3-4(2)7-6-5-3;1-6-3-2-4-5-6;1-6-4-2-3-5-6;3*1-3-2-4-6-5-3;8*1-2/h3*2-5H,1H3;2*1-2H3;2*2-3H,1H3;3*2H,1H3,(H,4,5,6);8*1-2H3. The maximum atomic E-state index is 3.98. The molecule has 3 N–H and O–H groups in total. The van der Waals surface area contributed by atoms with Crippen molar-refractivity contribution in [2.45, 2.75) is 180 Å². The third kappa shape index (κ3) is 70.3. The molecule has 24 heteroatoms. The lowest BCUT2D eigenvalue weighted by Gasteiger charge is -1.82. The molecule has 0 aliphatic carbocycles. The van der Waals surface area contributed by atoms with E-state index in [0.717, 1.165) is 34.2 Å². The zero-order chi connectivity index (χ0) is 63.9. The lowest BCUT2D eigenvalue weighted by molar-refractivity contribution is 0.654. The molecule has 0 aliphatic rings. The summed E-state index contributed by atoms with van der Waals surface area (Å²) in [5.41, 5.74) is 8.41. The predicted octanol–water partition coefficient (Wildman–Crippen LogP) is 14.7. The molecular formula is C57H106N22S2. The maximum Gasteiger partial charge on any atom is 0.0793 e. The van der Waals surface area contributed by atoms with E-state index in [1.807, 2.05) is 236 Å². The Bertz CT molecular complexity index is 2100. The van der Waals surface area contributed by atoms with Crippen LogP contribution < -0.4 is 0 Å². The molecule has 0 saturated heterocycles. The van der Waals surface area contributed by atoms with Gasteiger partial charge in [-0.15, -0.1) is 15.3 Å². The molecule has 0 aliphatic heterocycles. The molecule has 10 aromatic heterocycles. The average Bonchev–Trinajstić information content (AvgIpc) is 4.42. The van der Waals surface area contributed by atoms with Crippen molar-refractivity contribution in [1.82, 2.24) is 110 Å². The summed E-state index contributed by atoms with van der Waals surface area (Å²) in [6.45, 7) is 51.6. The molecule has 0 aromatic carbocycles. The van der Waals surface area contributed by atoms with Crippen LogP contribution in [-0.2, 0) is 14.1 Å². The van der Waals surface area contributed by atoms with Crippen LogP contribution in [0.15, 0.2) is 117 Å². The lowest BCUT2D eigenvalue weighted by Crippen LogP contribution is -1.89. The summed E-state index contributed by atoms with van der Waals surface area (Å²) < 4.78 is 9.06. The number of aromatic amines is 3. The van der Waals surface area contributed by atoms with Gasteiger partial charge in [-0.1, -0.05) is 137 Å².